The highest BCUT2D eigenvalue weighted by Crippen LogP contribution is 2.34. The van der Waals surface area contributed by atoms with Crippen molar-refractivity contribution >= 4 is 43.5 Å². The van der Waals surface area contributed by atoms with Gasteiger partial charge in [-0.05, 0) is 43.2 Å². The van der Waals surface area contributed by atoms with E-state index in [1.807, 2.05) is 31.2 Å². The molecule has 1 atom stereocenters. The number of sulfonamides is 1. The number of amides is 2. The van der Waals surface area contributed by atoms with Gasteiger partial charge in [-0.1, -0.05) is 41.4 Å². The van der Waals surface area contributed by atoms with E-state index in [2.05, 4.69) is 21.2 Å². The lowest BCUT2D eigenvalue weighted by molar-refractivity contribution is -0.139. The van der Waals surface area contributed by atoms with Gasteiger partial charge in [-0.2, -0.15) is 0 Å². The van der Waals surface area contributed by atoms with Gasteiger partial charge in [0.15, 0.2) is 0 Å². The first kappa shape index (κ1) is 29.4. The summed E-state index contributed by atoms with van der Waals surface area (Å²) in [6, 6.07) is 11.2. The molecule has 0 saturated carbocycles. The van der Waals surface area contributed by atoms with Crippen LogP contribution in [0, 0.1) is 0 Å². The quantitative estimate of drug-likeness (QED) is 0.361. The Balaban J connectivity index is 2.43. The Bertz CT molecular complexity index is 1140. The fourth-order valence-corrected chi connectivity index (χ4v) is 4.60. The van der Waals surface area contributed by atoms with Crippen LogP contribution in [-0.2, 0) is 26.2 Å². The molecule has 11 heteroatoms. The van der Waals surface area contributed by atoms with Crippen molar-refractivity contribution in [2.75, 3.05) is 37.9 Å². The zero-order valence-electron chi connectivity index (χ0n) is 21.3. The van der Waals surface area contributed by atoms with E-state index in [-0.39, 0.29) is 23.9 Å². The number of carbonyl (C=O) groups is 2. The summed E-state index contributed by atoms with van der Waals surface area (Å²) < 4.78 is 38.1. The van der Waals surface area contributed by atoms with Crippen LogP contribution in [-0.4, -0.2) is 64.7 Å². The molecule has 0 aliphatic rings. The molecule has 0 aromatic heterocycles. The molecule has 1 N–H and O–H groups in total. The molecule has 0 unspecified atom stereocenters. The van der Waals surface area contributed by atoms with E-state index in [0.29, 0.717) is 12.3 Å². The number of hydrogen-bond donors (Lipinski definition) is 1. The van der Waals surface area contributed by atoms with Crippen molar-refractivity contribution < 1.29 is 27.5 Å². The Labute approximate surface area is 221 Å². The summed E-state index contributed by atoms with van der Waals surface area (Å²) in [7, 11) is -1.03. The summed E-state index contributed by atoms with van der Waals surface area (Å²) in [5.74, 6) is -0.175. The van der Waals surface area contributed by atoms with E-state index >= 15 is 0 Å². The number of methoxy groups -OCH3 is 2. The Morgan fingerprint density at radius 1 is 1.08 bits per heavy atom. The first-order chi connectivity index (χ1) is 17.0. The smallest absolute Gasteiger partial charge is 0.244 e. The zero-order valence-corrected chi connectivity index (χ0v) is 23.7. The number of nitrogens with zero attached hydrogens (tertiary/aromatic N) is 2. The largest absolute Gasteiger partial charge is 0.497 e. The first-order valence-electron chi connectivity index (χ1n) is 11.5. The molecule has 0 aliphatic heterocycles. The molecular formula is C25H34BrN3O6S. The van der Waals surface area contributed by atoms with Crippen LogP contribution in [0.4, 0.5) is 5.69 Å². The highest BCUT2D eigenvalue weighted by atomic mass is 79.9. The van der Waals surface area contributed by atoms with E-state index in [1.54, 1.807) is 19.1 Å². The van der Waals surface area contributed by atoms with Gasteiger partial charge in [0, 0.05) is 23.6 Å². The Morgan fingerprint density at radius 3 is 2.31 bits per heavy atom. The van der Waals surface area contributed by atoms with Gasteiger partial charge in [0.05, 0.1) is 26.2 Å². The van der Waals surface area contributed by atoms with E-state index < -0.39 is 28.5 Å². The van der Waals surface area contributed by atoms with Crippen LogP contribution in [0.1, 0.15) is 32.3 Å². The summed E-state index contributed by atoms with van der Waals surface area (Å²) in [4.78, 5) is 27.9. The standard InChI is InChI=1S/C25H34BrN3O6S/c1-6-7-14-27-25(31)18(2)28(16-19-8-10-20(26)11-9-19)24(30)17-29(36(5,32)33)22-15-21(34-3)12-13-23(22)35-4/h8-13,15,18H,6-7,14,16-17H2,1-5H3,(H,27,31)/t18-/m1/s1. The monoisotopic (exact) mass is 583 g/mol. The molecule has 2 aromatic carbocycles. The molecule has 198 valence electrons. The molecule has 2 rings (SSSR count). The van der Waals surface area contributed by atoms with Gasteiger partial charge in [0.2, 0.25) is 21.8 Å². The topological polar surface area (TPSA) is 105 Å². The van der Waals surface area contributed by atoms with Crippen molar-refractivity contribution in [2.45, 2.75) is 39.3 Å². The summed E-state index contributed by atoms with van der Waals surface area (Å²) in [5.41, 5.74) is 0.959. The Hall–Kier alpha value is -2.79. The van der Waals surface area contributed by atoms with Crippen molar-refractivity contribution in [2.24, 2.45) is 0 Å². The number of unbranched alkanes of at least 4 members (excludes halogenated alkanes) is 1. The number of carbonyl (C=O) groups excluding carboxylic acids is 2. The fraction of sp³-hybridized carbons (Fsp3) is 0.440. The van der Waals surface area contributed by atoms with Crippen LogP contribution in [0.25, 0.3) is 0 Å². The lowest BCUT2D eigenvalue weighted by Crippen LogP contribution is -2.51. The molecule has 9 nitrogen and oxygen atoms in total. The second-order valence-electron chi connectivity index (χ2n) is 8.28. The third kappa shape index (κ3) is 8.12. The minimum absolute atomic E-state index is 0.126. The van der Waals surface area contributed by atoms with Crippen molar-refractivity contribution in [1.82, 2.24) is 10.2 Å². The molecule has 0 heterocycles. The predicted molar refractivity (Wildman–Crippen MR) is 144 cm³/mol. The second kappa shape index (κ2) is 13.5. The second-order valence-corrected chi connectivity index (χ2v) is 11.1. The lowest BCUT2D eigenvalue weighted by atomic mass is 10.1. The Kier molecular flexibility index (Phi) is 11.0. The van der Waals surface area contributed by atoms with Gasteiger partial charge in [-0.25, -0.2) is 8.42 Å². The molecule has 0 aliphatic carbocycles. The van der Waals surface area contributed by atoms with E-state index in [0.717, 1.165) is 33.4 Å². The lowest BCUT2D eigenvalue weighted by Gasteiger charge is -2.32. The molecule has 0 bridgehead atoms. The van der Waals surface area contributed by atoms with Crippen molar-refractivity contribution in [3.05, 3.63) is 52.5 Å². The number of nitrogens with one attached hydrogen (secondary N) is 1. The zero-order chi connectivity index (χ0) is 26.9. The minimum atomic E-state index is -3.90. The highest BCUT2D eigenvalue weighted by molar-refractivity contribution is 9.10. The fourth-order valence-electron chi connectivity index (χ4n) is 3.49. The van der Waals surface area contributed by atoms with Crippen LogP contribution in [0.15, 0.2) is 46.9 Å². The van der Waals surface area contributed by atoms with Crippen LogP contribution >= 0.6 is 15.9 Å². The molecule has 2 amide bonds. The van der Waals surface area contributed by atoms with Gasteiger partial charge < -0.3 is 19.7 Å². The van der Waals surface area contributed by atoms with Gasteiger partial charge in [0.25, 0.3) is 0 Å². The molecule has 0 fully saturated rings. The number of anilines is 1. The Morgan fingerprint density at radius 2 is 1.75 bits per heavy atom. The maximum atomic E-state index is 13.6. The number of benzene rings is 2. The molecule has 0 spiro atoms. The maximum absolute atomic E-state index is 13.6. The first-order valence-corrected chi connectivity index (χ1v) is 14.2. The third-order valence-corrected chi connectivity index (χ3v) is 7.25. The van der Waals surface area contributed by atoms with Gasteiger partial charge in [0.1, 0.15) is 24.1 Å². The third-order valence-electron chi connectivity index (χ3n) is 5.60. The number of rotatable bonds is 13. The van der Waals surface area contributed by atoms with Crippen LogP contribution < -0.4 is 19.1 Å². The SMILES string of the molecule is CCCCNC(=O)[C@@H](C)N(Cc1ccc(Br)cc1)C(=O)CN(c1cc(OC)ccc1OC)S(C)(=O)=O. The minimum Gasteiger partial charge on any atom is -0.497 e. The molecular weight excluding hydrogens is 550 g/mol. The molecule has 0 radical (unpaired) electrons. The van der Waals surface area contributed by atoms with E-state index in [4.69, 9.17) is 9.47 Å². The number of hydrogen-bond acceptors (Lipinski definition) is 6. The summed E-state index contributed by atoms with van der Waals surface area (Å²) >= 11 is 3.39. The van der Waals surface area contributed by atoms with Crippen LogP contribution in [0.5, 0.6) is 11.5 Å². The summed E-state index contributed by atoms with van der Waals surface area (Å²) in [5, 5.41) is 2.85. The highest BCUT2D eigenvalue weighted by Gasteiger charge is 2.31. The predicted octanol–water partition coefficient (Wildman–Crippen LogP) is 3.57. The average molecular weight is 585 g/mol. The van der Waals surface area contributed by atoms with Gasteiger partial charge >= 0.3 is 0 Å². The molecule has 36 heavy (non-hydrogen) atoms. The van der Waals surface area contributed by atoms with Gasteiger partial charge in [-0.3, -0.25) is 13.9 Å². The van der Waals surface area contributed by atoms with E-state index in [9.17, 15) is 18.0 Å². The van der Waals surface area contributed by atoms with Gasteiger partial charge in [-0.15, -0.1) is 0 Å². The summed E-state index contributed by atoms with van der Waals surface area (Å²) in [6.45, 7) is 3.75. The number of halogens is 1. The number of ether oxygens (including phenoxy) is 2. The van der Waals surface area contributed by atoms with Crippen molar-refractivity contribution in [3.8, 4) is 11.5 Å². The average Bonchev–Trinajstić information content (AvgIpc) is 2.85. The molecule has 0 saturated heterocycles. The van der Waals surface area contributed by atoms with Crippen molar-refractivity contribution in [3.63, 3.8) is 0 Å². The molecule has 2 aromatic rings. The van der Waals surface area contributed by atoms with Crippen molar-refractivity contribution in [1.29, 1.82) is 0 Å². The summed E-state index contributed by atoms with van der Waals surface area (Å²) in [6.07, 6.45) is 2.75. The maximum Gasteiger partial charge on any atom is 0.244 e. The van der Waals surface area contributed by atoms with Crippen LogP contribution in [0.3, 0.4) is 0 Å². The van der Waals surface area contributed by atoms with Crippen LogP contribution in [0.2, 0.25) is 0 Å². The normalized spacial score (nSPS) is 11.9. The van der Waals surface area contributed by atoms with E-state index in [1.165, 1.54) is 25.2 Å².